The number of carbonyl (C=O) groups excluding carboxylic acids is 1. The van der Waals surface area contributed by atoms with Gasteiger partial charge in [-0.1, -0.05) is 23.7 Å². The molecule has 1 atom stereocenters. The molecule has 134 valence electrons. The number of hydrogen-bond acceptors (Lipinski definition) is 3. The second-order valence-corrected chi connectivity index (χ2v) is 7.17. The molecule has 0 unspecified atom stereocenters. The van der Waals surface area contributed by atoms with Gasteiger partial charge in [0, 0.05) is 22.0 Å². The molecule has 0 bridgehead atoms. The minimum Gasteiger partial charge on any atom is -0.497 e. The summed E-state index contributed by atoms with van der Waals surface area (Å²) in [6, 6.07) is 13.4. The van der Waals surface area contributed by atoms with Gasteiger partial charge in [-0.05, 0) is 48.6 Å². The van der Waals surface area contributed by atoms with Crippen LogP contribution in [0.1, 0.15) is 30.0 Å². The number of halogens is 1. The van der Waals surface area contributed by atoms with Gasteiger partial charge in [-0.3, -0.25) is 4.79 Å². The van der Waals surface area contributed by atoms with Gasteiger partial charge in [0.2, 0.25) is 5.91 Å². The highest BCUT2D eigenvalue weighted by Gasteiger charge is 2.33. The fraction of sp³-hybridized carbons (Fsp3) is 0.286. The van der Waals surface area contributed by atoms with Crippen molar-refractivity contribution in [1.29, 1.82) is 0 Å². The van der Waals surface area contributed by atoms with Crippen molar-refractivity contribution < 1.29 is 13.9 Å². The van der Waals surface area contributed by atoms with E-state index in [2.05, 4.69) is 5.32 Å². The number of fused-ring (bicyclic) bond motifs is 1. The van der Waals surface area contributed by atoms with Crippen molar-refractivity contribution in [3.05, 3.63) is 64.9 Å². The lowest BCUT2D eigenvalue weighted by molar-refractivity contribution is -0.121. The summed E-state index contributed by atoms with van der Waals surface area (Å²) in [6.07, 6.45) is 4.22. The predicted molar refractivity (Wildman–Crippen MR) is 102 cm³/mol. The van der Waals surface area contributed by atoms with E-state index in [0.29, 0.717) is 10.9 Å². The van der Waals surface area contributed by atoms with Crippen LogP contribution in [0.3, 0.4) is 0 Å². The molecule has 1 fully saturated rings. The van der Waals surface area contributed by atoms with Crippen molar-refractivity contribution >= 4 is 28.5 Å². The molecule has 2 aromatic carbocycles. The number of methoxy groups -OCH3 is 1. The molecule has 1 aliphatic rings. The van der Waals surface area contributed by atoms with Gasteiger partial charge in [-0.25, -0.2) is 0 Å². The van der Waals surface area contributed by atoms with E-state index in [1.54, 1.807) is 13.4 Å². The third-order valence-corrected chi connectivity index (χ3v) is 5.10. The van der Waals surface area contributed by atoms with Gasteiger partial charge >= 0.3 is 0 Å². The van der Waals surface area contributed by atoms with Gasteiger partial charge in [0.1, 0.15) is 11.3 Å². The Balaban J connectivity index is 1.50. The zero-order valence-electron chi connectivity index (χ0n) is 14.5. The smallest absolute Gasteiger partial charge is 0.225 e. The molecule has 26 heavy (non-hydrogen) atoms. The Morgan fingerprint density at radius 3 is 2.73 bits per heavy atom. The van der Waals surface area contributed by atoms with Crippen molar-refractivity contribution in [2.24, 2.45) is 5.92 Å². The molecular weight excluding hydrogens is 350 g/mol. The van der Waals surface area contributed by atoms with Gasteiger partial charge in [0.05, 0.1) is 25.8 Å². The fourth-order valence-corrected chi connectivity index (χ4v) is 3.42. The highest BCUT2D eigenvalue weighted by molar-refractivity contribution is 6.30. The standard InChI is InChI=1S/C21H20ClNO3/c1-25-17-8-9-18-15(12-26-19(18)11-17)10-20(24)23-21(13-2-3-13)14-4-6-16(22)7-5-14/h4-9,11-13,21H,2-3,10H2,1H3,(H,23,24)/t21-/m1/s1. The number of carbonyl (C=O) groups is 1. The lowest BCUT2D eigenvalue weighted by Gasteiger charge is -2.19. The maximum atomic E-state index is 12.7. The molecule has 0 aliphatic heterocycles. The average molecular weight is 370 g/mol. The number of ether oxygens (including phenoxy) is 1. The summed E-state index contributed by atoms with van der Waals surface area (Å²) in [5.41, 5.74) is 2.71. The molecule has 0 spiro atoms. The van der Waals surface area contributed by atoms with Crippen LogP contribution in [0.4, 0.5) is 0 Å². The molecule has 4 rings (SSSR count). The first kappa shape index (κ1) is 17.0. The Kier molecular flexibility index (Phi) is 4.60. The number of amides is 1. The number of nitrogens with one attached hydrogen (secondary N) is 1. The quantitative estimate of drug-likeness (QED) is 0.672. The maximum absolute atomic E-state index is 12.7. The second kappa shape index (κ2) is 7.04. The first-order valence-electron chi connectivity index (χ1n) is 8.73. The summed E-state index contributed by atoms with van der Waals surface area (Å²) < 4.78 is 10.8. The third-order valence-electron chi connectivity index (χ3n) is 4.85. The van der Waals surface area contributed by atoms with E-state index in [1.807, 2.05) is 42.5 Å². The summed E-state index contributed by atoms with van der Waals surface area (Å²) in [5.74, 6) is 1.24. The monoisotopic (exact) mass is 369 g/mol. The summed E-state index contributed by atoms with van der Waals surface area (Å²) in [5, 5.41) is 4.84. The third kappa shape index (κ3) is 3.56. The van der Waals surface area contributed by atoms with Crippen LogP contribution in [0, 0.1) is 5.92 Å². The van der Waals surface area contributed by atoms with E-state index in [9.17, 15) is 4.79 Å². The van der Waals surface area contributed by atoms with E-state index in [1.165, 1.54) is 0 Å². The van der Waals surface area contributed by atoms with E-state index < -0.39 is 0 Å². The van der Waals surface area contributed by atoms with Gasteiger partial charge in [-0.15, -0.1) is 0 Å². The first-order chi connectivity index (χ1) is 12.6. The molecule has 1 aromatic heterocycles. The van der Waals surface area contributed by atoms with Crippen molar-refractivity contribution in [2.45, 2.75) is 25.3 Å². The Morgan fingerprint density at radius 2 is 2.04 bits per heavy atom. The Bertz CT molecular complexity index is 928. The van der Waals surface area contributed by atoms with Gasteiger partial charge in [0.15, 0.2) is 0 Å². The van der Waals surface area contributed by atoms with Crippen molar-refractivity contribution in [3.63, 3.8) is 0 Å². The summed E-state index contributed by atoms with van der Waals surface area (Å²) in [7, 11) is 1.62. The molecule has 4 nitrogen and oxygen atoms in total. The number of furan rings is 1. The number of hydrogen-bond donors (Lipinski definition) is 1. The minimum atomic E-state index is -0.00429. The molecule has 5 heteroatoms. The van der Waals surface area contributed by atoms with E-state index >= 15 is 0 Å². The topological polar surface area (TPSA) is 51.5 Å². The summed E-state index contributed by atoms with van der Waals surface area (Å²) in [4.78, 5) is 12.7. The SMILES string of the molecule is COc1ccc2c(CC(=O)N[C@@H](c3ccc(Cl)cc3)C3CC3)coc2c1. The molecule has 1 heterocycles. The molecule has 1 N–H and O–H groups in total. The number of rotatable bonds is 6. The fourth-order valence-electron chi connectivity index (χ4n) is 3.30. The van der Waals surface area contributed by atoms with Gasteiger partial charge in [0.25, 0.3) is 0 Å². The molecule has 0 radical (unpaired) electrons. The van der Waals surface area contributed by atoms with E-state index in [0.717, 1.165) is 40.7 Å². The normalized spacial score (nSPS) is 15.0. The van der Waals surface area contributed by atoms with Crippen LogP contribution >= 0.6 is 11.6 Å². The van der Waals surface area contributed by atoms with E-state index in [4.69, 9.17) is 20.8 Å². The predicted octanol–water partition coefficient (Wildman–Crippen LogP) is 4.90. The van der Waals surface area contributed by atoms with Crippen LogP contribution in [0.5, 0.6) is 5.75 Å². The van der Waals surface area contributed by atoms with Crippen LogP contribution < -0.4 is 10.1 Å². The summed E-state index contributed by atoms with van der Waals surface area (Å²) >= 11 is 5.98. The molecular formula is C21H20ClNO3. The van der Waals surface area contributed by atoms with Crippen LogP contribution in [0.15, 0.2) is 53.1 Å². The molecule has 1 aliphatic carbocycles. The van der Waals surface area contributed by atoms with Crippen molar-refractivity contribution in [3.8, 4) is 5.75 Å². The minimum absolute atomic E-state index is 0.00429. The Labute approximate surface area is 157 Å². The Morgan fingerprint density at radius 1 is 1.27 bits per heavy atom. The second-order valence-electron chi connectivity index (χ2n) is 6.73. The van der Waals surface area contributed by atoms with Crippen LogP contribution in [0.2, 0.25) is 5.02 Å². The van der Waals surface area contributed by atoms with Crippen molar-refractivity contribution in [2.75, 3.05) is 7.11 Å². The van der Waals surface area contributed by atoms with Crippen molar-refractivity contribution in [1.82, 2.24) is 5.32 Å². The maximum Gasteiger partial charge on any atom is 0.225 e. The molecule has 1 amide bonds. The molecule has 1 saturated carbocycles. The van der Waals surface area contributed by atoms with Crippen LogP contribution in [-0.4, -0.2) is 13.0 Å². The zero-order chi connectivity index (χ0) is 18.1. The van der Waals surface area contributed by atoms with Crippen LogP contribution in [-0.2, 0) is 11.2 Å². The lowest BCUT2D eigenvalue weighted by atomic mass is 10.0. The van der Waals surface area contributed by atoms with E-state index in [-0.39, 0.29) is 18.4 Å². The highest BCUT2D eigenvalue weighted by Crippen LogP contribution is 2.41. The van der Waals surface area contributed by atoms with Gasteiger partial charge < -0.3 is 14.5 Å². The number of benzene rings is 2. The van der Waals surface area contributed by atoms with Gasteiger partial charge in [-0.2, -0.15) is 0 Å². The summed E-state index contributed by atoms with van der Waals surface area (Å²) in [6.45, 7) is 0. The molecule has 0 saturated heterocycles. The highest BCUT2D eigenvalue weighted by atomic mass is 35.5. The zero-order valence-corrected chi connectivity index (χ0v) is 15.3. The first-order valence-corrected chi connectivity index (χ1v) is 9.11. The Hall–Kier alpha value is -2.46. The van der Waals surface area contributed by atoms with Crippen LogP contribution in [0.25, 0.3) is 11.0 Å². The largest absolute Gasteiger partial charge is 0.497 e. The molecule has 3 aromatic rings. The average Bonchev–Trinajstić information content (AvgIpc) is 3.42. The lowest BCUT2D eigenvalue weighted by Crippen LogP contribution is -2.31.